The summed E-state index contributed by atoms with van der Waals surface area (Å²) in [4.78, 5) is 13.0. The number of cyclic esters (lactones) is 1. The van der Waals surface area contributed by atoms with Gasteiger partial charge in [-0.2, -0.15) is 0 Å². The number of methoxy groups -OCH3 is 3. The third kappa shape index (κ3) is 3.52. The fourth-order valence-corrected chi connectivity index (χ4v) is 5.23. The molecule has 2 aromatic rings. The monoisotopic (exact) mass is 457 g/mol. The van der Waals surface area contributed by atoms with Crippen LogP contribution in [-0.2, 0) is 14.3 Å². The molecule has 0 radical (unpaired) electrons. The summed E-state index contributed by atoms with van der Waals surface area (Å²) >= 11 is 0. The van der Waals surface area contributed by atoms with Gasteiger partial charge < -0.3 is 38.8 Å². The van der Waals surface area contributed by atoms with Crippen LogP contribution in [0.4, 0.5) is 0 Å². The molecule has 1 aliphatic carbocycles. The third-order valence-electron chi connectivity index (χ3n) is 6.72. The maximum Gasteiger partial charge on any atom is 0.310 e. The summed E-state index contributed by atoms with van der Waals surface area (Å²) in [6.07, 6.45) is 0. The zero-order chi connectivity index (χ0) is 23.1. The molecule has 2 N–H and O–H groups in total. The standard InChI is InChI=1S/C24H27NO8/c1-28-5-4-25-22-14-9-17-16(32-11-33-17)8-13(14)20(21-15(22)10-31-24(21)27)12-6-18(29-2)23(26)19(7-12)30-3/h6-9,15,20-22,25-26H,4-5,10-11H2,1-3H3/t15-,20+,21-,22-/m0/s1. The molecule has 9 heteroatoms. The zero-order valence-electron chi connectivity index (χ0n) is 18.8. The summed E-state index contributed by atoms with van der Waals surface area (Å²) in [6.45, 7) is 1.63. The van der Waals surface area contributed by atoms with Gasteiger partial charge in [-0.1, -0.05) is 0 Å². The molecule has 2 heterocycles. The van der Waals surface area contributed by atoms with E-state index in [1.54, 1.807) is 19.2 Å². The Kier molecular flexibility index (Phi) is 5.67. The van der Waals surface area contributed by atoms with Crippen molar-refractivity contribution in [1.29, 1.82) is 0 Å². The van der Waals surface area contributed by atoms with E-state index in [-0.39, 0.29) is 47.9 Å². The van der Waals surface area contributed by atoms with Crippen molar-refractivity contribution < 1.29 is 38.3 Å². The second kappa shape index (κ2) is 8.64. The Labute approximate surface area is 191 Å². The fourth-order valence-electron chi connectivity index (χ4n) is 5.23. The Balaban J connectivity index is 1.69. The second-order valence-corrected chi connectivity index (χ2v) is 8.33. The molecule has 1 fully saturated rings. The van der Waals surface area contributed by atoms with E-state index in [0.717, 1.165) is 16.7 Å². The Morgan fingerprint density at radius 2 is 1.67 bits per heavy atom. The van der Waals surface area contributed by atoms with E-state index >= 15 is 0 Å². The van der Waals surface area contributed by atoms with Crippen LogP contribution in [0.15, 0.2) is 24.3 Å². The number of phenols is 1. The van der Waals surface area contributed by atoms with Crippen LogP contribution in [0.1, 0.15) is 28.7 Å². The van der Waals surface area contributed by atoms with Gasteiger partial charge in [-0.05, 0) is 41.0 Å². The van der Waals surface area contributed by atoms with E-state index in [1.807, 2.05) is 12.1 Å². The number of hydrogen-bond acceptors (Lipinski definition) is 9. The minimum absolute atomic E-state index is 0.0878. The van der Waals surface area contributed by atoms with Crippen molar-refractivity contribution in [3.05, 3.63) is 41.0 Å². The Bertz CT molecular complexity index is 1050. The number of carbonyl (C=O) groups is 1. The smallest absolute Gasteiger partial charge is 0.310 e. The summed E-state index contributed by atoms with van der Waals surface area (Å²) < 4.78 is 32.9. The van der Waals surface area contributed by atoms with Gasteiger partial charge in [-0.25, -0.2) is 0 Å². The molecular formula is C24H27NO8. The minimum atomic E-state index is -0.433. The first-order valence-electron chi connectivity index (χ1n) is 10.8. The van der Waals surface area contributed by atoms with Crippen molar-refractivity contribution in [3.8, 4) is 28.7 Å². The lowest BCUT2D eigenvalue weighted by atomic mass is 9.65. The topological polar surface area (TPSA) is 105 Å². The number of nitrogens with one attached hydrogen (secondary N) is 1. The molecule has 0 bridgehead atoms. The van der Waals surface area contributed by atoms with E-state index in [2.05, 4.69) is 5.32 Å². The molecule has 4 atom stereocenters. The quantitative estimate of drug-likeness (QED) is 0.479. The first-order chi connectivity index (χ1) is 16.1. The van der Waals surface area contributed by atoms with Crippen LogP contribution >= 0.6 is 0 Å². The average Bonchev–Trinajstić information content (AvgIpc) is 3.44. The lowest BCUT2D eigenvalue weighted by Gasteiger charge is -2.39. The number of esters is 1. The largest absolute Gasteiger partial charge is 0.502 e. The van der Waals surface area contributed by atoms with Crippen LogP contribution in [0, 0.1) is 11.8 Å². The first-order valence-corrected chi connectivity index (χ1v) is 10.8. The molecule has 0 aromatic heterocycles. The van der Waals surface area contributed by atoms with Gasteiger partial charge in [-0.15, -0.1) is 0 Å². The predicted molar refractivity (Wildman–Crippen MR) is 116 cm³/mol. The SMILES string of the molecule is COCCN[C@H]1c2cc3c(cc2[C@@H](c2cc(OC)c(O)c(OC)c2)[C@H]2C(=O)OC[C@@H]21)OCO3. The molecule has 1 saturated heterocycles. The number of rotatable bonds is 7. The summed E-state index contributed by atoms with van der Waals surface area (Å²) in [5.41, 5.74) is 2.74. The molecule has 0 saturated carbocycles. The normalized spacial score (nSPS) is 24.8. The molecule has 9 nitrogen and oxygen atoms in total. The molecule has 0 unspecified atom stereocenters. The second-order valence-electron chi connectivity index (χ2n) is 8.33. The van der Waals surface area contributed by atoms with Gasteiger partial charge in [0.15, 0.2) is 23.0 Å². The van der Waals surface area contributed by atoms with E-state index in [4.69, 9.17) is 28.4 Å². The van der Waals surface area contributed by atoms with Gasteiger partial charge in [0, 0.05) is 31.5 Å². The molecule has 176 valence electrons. The summed E-state index contributed by atoms with van der Waals surface area (Å²) in [5, 5.41) is 14.0. The minimum Gasteiger partial charge on any atom is -0.502 e. The van der Waals surface area contributed by atoms with Crippen molar-refractivity contribution in [2.45, 2.75) is 12.0 Å². The van der Waals surface area contributed by atoms with Gasteiger partial charge in [0.25, 0.3) is 0 Å². The van der Waals surface area contributed by atoms with Crippen LogP contribution in [-0.4, -0.2) is 59.0 Å². The summed E-state index contributed by atoms with van der Waals surface area (Å²) in [7, 11) is 4.61. The van der Waals surface area contributed by atoms with E-state index in [9.17, 15) is 9.90 Å². The highest BCUT2D eigenvalue weighted by atomic mass is 16.7. The molecule has 0 amide bonds. The Hall–Kier alpha value is -3.17. The van der Waals surface area contributed by atoms with Crippen LogP contribution in [0.2, 0.25) is 0 Å². The number of carbonyl (C=O) groups excluding carboxylic acids is 1. The maximum atomic E-state index is 13.0. The van der Waals surface area contributed by atoms with Crippen molar-refractivity contribution >= 4 is 5.97 Å². The predicted octanol–water partition coefficient (Wildman–Crippen LogP) is 2.35. The van der Waals surface area contributed by atoms with Gasteiger partial charge in [-0.3, -0.25) is 4.79 Å². The summed E-state index contributed by atoms with van der Waals surface area (Å²) in [5.74, 6) is 0.638. The lowest BCUT2D eigenvalue weighted by molar-refractivity contribution is -0.141. The number of phenolic OH excluding ortho intramolecular Hbond substituents is 1. The highest BCUT2D eigenvalue weighted by Crippen LogP contribution is 2.55. The average molecular weight is 457 g/mol. The highest BCUT2D eigenvalue weighted by molar-refractivity contribution is 5.79. The summed E-state index contributed by atoms with van der Waals surface area (Å²) in [6, 6.07) is 7.30. The number of hydrogen-bond donors (Lipinski definition) is 2. The zero-order valence-corrected chi connectivity index (χ0v) is 18.8. The van der Waals surface area contributed by atoms with E-state index in [1.165, 1.54) is 14.2 Å². The van der Waals surface area contributed by atoms with Gasteiger partial charge >= 0.3 is 5.97 Å². The molecule has 3 aliphatic rings. The lowest BCUT2D eigenvalue weighted by Crippen LogP contribution is -2.41. The highest BCUT2D eigenvalue weighted by Gasteiger charge is 2.52. The fraction of sp³-hybridized carbons (Fsp3) is 0.458. The number of ether oxygens (including phenoxy) is 6. The first kappa shape index (κ1) is 21.7. The van der Waals surface area contributed by atoms with Gasteiger partial charge in [0.2, 0.25) is 12.5 Å². The van der Waals surface area contributed by atoms with E-state index in [0.29, 0.717) is 31.3 Å². The van der Waals surface area contributed by atoms with E-state index < -0.39 is 5.92 Å². The van der Waals surface area contributed by atoms with Crippen molar-refractivity contribution in [2.75, 3.05) is 47.9 Å². The van der Waals surface area contributed by atoms with Crippen LogP contribution in [0.25, 0.3) is 0 Å². The molecule has 2 aliphatic heterocycles. The molecule has 0 spiro atoms. The maximum absolute atomic E-state index is 13.0. The van der Waals surface area contributed by atoms with Gasteiger partial charge in [0.05, 0.1) is 33.4 Å². The van der Waals surface area contributed by atoms with Crippen LogP contribution in [0.3, 0.4) is 0 Å². The number of benzene rings is 2. The van der Waals surface area contributed by atoms with Gasteiger partial charge in [0.1, 0.15) is 0 Å². The molecule has 5 rings (SSSR count). The van der Waals surface area contributed by atoms with Crippen molar-refractivity contribution in [2.24, 2.45) is 11.8 Å². The Morgan fingerprint density at radius 3 is 2.30 bits per heavy atom. The molecule has 2 aromatic carbocycles. The van der Waals surface area contributed by atoms with Crippen molar-refractivity contribution in [1.82, 2.24) is 5.32 Å². The molecular weight excluding hydrogens is 430 g/mol. The Morgan fingerprint density at radius 1 is 1.00 bits per heavy atom. The molecule has 33 heavy (non-hydrogen) atoms. The number of fused-ring (bicyclic) bond motifs is 3. The van der Waals surface area contributed by atoms with Crippen LogP contribution in [0.5, 0.6) is 28.7 Å². The van der Waals surface area contributed by atoms with Crippen LogP contribution < -0.4 is 24.3 Å². The third-order valence-corrected chi connectivity index (χ3v) is 6.72. The number of aromatic hydroxyl groups is 1. The van der Waals surface area contributed by atoms with Crippen molar-refractivity contribution in [3.63, 3.8) is 0 Å².